The first-order chi connectivity index (χ1) is 14.4. The van der Waals surface area contributed by atoms with Crippen LogP contribution in [0, 0.1) is 0 Å². The van der Waals surface area contributed by atoms with Gasteiger partial charge in [0, 0.05) is 12.1 Å². The van der Waals surface area contributed by atoms with E-state index < -0.39 is 16.1 Å². The van der Waals surface area contributed by atoms with Crippen LogP contribution in [0.1, 0.15) is 22.0 Å². The maximum atomic E-state index is 12.5. The van der Waals surface area contributed by atoms with Crippen LogP contribution in [0.4, 0.5) is 0 Å². The van der Waals surface area contributed by atoms with Gasteiger partial charge in [-0.2, -0.15) is 0 Å². The number of halogens is 1. The number of nitrogens with one attached hydrogen (secondary N) is 3. The molecule has 7 nitrogen and oxygen atoms in total. The minimum atomic E-state index is -3.72. The molecule has 0 aliphatic carbocycles. The van der Waals surface area contributed by atoms with Crippen LogP contribution in [0.2, 0.25) is 4.34 Å². The third-order valence-electron chi connectivity index (χ3n) is 4.20. The Kier molecular flexibility index (Phi) is 7.46. The molecule has 0 unspecified atom stereocenters. The first kappa shape index (κ1) is 22.3. The van der Waals surface area contributed by atoms with Crippen molar-refractivity contribution in [3.05, 3.63) is 82.2 Å². The Labute approximate surface area is 184 Å². The molecule has 0 bridgehead atoms. The van der Waals surface area contributed by atoms with Gasteiger partial charge in [-0.25, -0.2) is 18.6 Å². The van der Waals surface area contributed by atoms with Crippen LogP contribution in [-0.4, -0.2) is 28.0 Å². The van der Waals surface area contributed by atoms with Gasteiger partial charge in [0.2, 0.25) is 10.0 Å². The molecule has 0 saturated heterocycles. The third kappa shape index (κ3) is 5.80. The highest BCUT2D eigenvalue weighted by Crippen LogP contribution is 2.25. The lowest BCUT2D eigenvalue weighted by Gasteiger charge is -2.20. The van der Waals surface area contributed by atoms with Crippen LogP contribution in [0.3, 0.4) is 0 Å². The van der Waals surface area contributed by atoms with E-state index in [2.05, 4.69) is 15.6 Å². The van der Waals surface area contributed by atoms with Crippen LogP contribution in [0.15, 0.2) is 70.9 Å². The van der Waals surface area contributed by atoms with E-state index in [0.717, 1.165) is 16.9 Å². The highest BCUT2D eigenvalue weighted by molar-refractivity contribution is 7.91. The number of hydrazine groups is 1. The maximum absolute atomic E-state index is 12.5. The molecule has 10 heteroatoms. The number of benzene rings is 2. The van der Waals surface area contributed by atoms with Gasteiger partial charge >= 0.3 is 0 Å². The molecule has 0 radical (unpaired) electrons. The molecule has 0 aliphatic rings. The Balaban J connectivity index is 1.69. The molecule has 1 atom stereocenters. The number of hydrogen-bond acceptors (Lipinski definition) is 6. The molecule has 3 aromatic rings. The number of thiophene rings is 1. The molecule has 0 fully saturated rings. The van der Waals surface area contributed by atoms with Gasteiger partial charge < -0.3 is 4.74 Å². The van der Waals surface area contributed by atoms with Gasteiger partial charge in [0.1, 0.15) is 9.96 Å². The number of carbonyl (C=O) groups excluding carboxylic acids is 1. The predicted molar refractivity (Wildman–Crippen MR) is 117 cm³/mol. The summed E-state index contributed by atoms with van der Waals surface area (Å²) in [6.07, 6.45) is 0. The molecular formula is C20H20ClN3O4S2. The molecule has 1 heterocycles. The second-order valence-electron chi connectivity index (χ2n) is 6.20. The van der Waals surface area contributed by atoms with Crippen LogP contribution in [0.5, 0.6) is 5.75 Å². The second-order valence-corrected chi connectivity index (χ2v) is 9.91. The summed E-state index contributed by atoms with van der Waals surface area (Å²) in [5.74, 6) is 0.288. The lowest BCUT2D eigenvalue weighted by molar-refractivity contribution is 0.0925. The lowest BCUT2D eigenvalue weighted by atomic mass is 10.1. The minimum Gasteiger partial charge on any atom is -0.497 e. The fourth-order valence-corrected chi connectivity index (χ4v) is 5.19. The van der Waals surface area contributed by atoms with Crippen molar-refractivity contribution >= 4 is 38.9 Å². The van der Waals surface area contributed by atoms with Crippen molar-refractivity contribution in [3.8, 4) is 5.75 Å². The van der Waals surface area contributed by atoms with E-state index in [1.165, 1.54) is 12.1 Å². The fraction of sp³-hybridized carbons (Fsp3) is 0.150. The highest BCUT2D eigenvalue weighted by atomic mass is 35.5. The number of amides is 1. The van der Waals surface area contributed by atoms with Gasteiger partial charge in [-0.15, -0.1) is 11.3 Å². The molecule has 2 aromatic carbocycles. The normalized spacial score (nSPS) is 12.3. The quantitative estimate of drug-likeness (QED) is 0.421. The van der Waals surface area contributed by atoms with Crippen molar-refractivity contribution in [3.63, 3.8) is 0 Å². The summed E-state index contributed by atoms with van der Waals surface area (Å²) in [5, 5.41) is 0. The first-order valence-electron chi connectivity index (χ1n) is 8.89. The maximum Gasteiger partial charge on any atom is 0.265 e. The monoisotopic (exact) mass is 465 g/mol. The van der Waals surface area contributed by atoms with Crippen LogP contribution < -0.4 is 20.3 Å². The molecule has 3 rings (SSSR count). The number of methoxy groups -OCH3 is 1. The summed E-state index contributed by atoms with van der Waals surface area (Å²) in [5.41, 5.74) is 6.78. The number of sulfonamides is 1. The Morgan fingerprint density at radius 3 is 2.37 bits per heavy atom. The molecule has 30 heavy (non-hydrogen) atoms. The Bertz CT molecular complexity index is 1090. The molecule has 0 saturated carbocycles. The Morgan fingerprint density at radius 1 is 1.07 bits per heavy atom. The van der Waals surface area contributed by atoms with E-state index in [1.54, 1.807) is 31.4 Å². The average molecular weight is 466 g/mol. The topological polar surface area (TPSA) is 96.5 Å². The van der Waals surface area contributed by atoms with E-state index in [4.69, 9.17) is 16.3 Å². The standard InChI is InChI=1S/C20H20ClN3O4S2/c1-28-16-9-7-15(8-10-16)20(25)24-23-17(14-5-3-2-4-6-14)13-22-30(26,27)19-12-11-18(21)29-19/h2-12,17,22-23H,13H2,1H3,(H,24,25)/t17-/m0/s1. The minimum absolute atomic E-state index is 0.0186. The van der Waals surface area contributed by atoms with Gasteiger partial charge in [0.05, 0.1) is 17.5 Å². The second kappa shape index (κ2) is 10.1. The molecule has 3 N–H and O–H groups in total. The molecular weight excluding hydrogens is 446 g/mol. The molecule has 1 amide bonds. The SMILES string of the molecule is COc1ccc(C(=O)NN[C@@H](CNS(=O)(=O)c2ccc(Cl)s2)c2ccccc2)cc1. The van der Waals surface area contributed by atoms with Gasteiger partial charge in [-0.05, 0) is 42.0 Å². The molecule has 158 valence electrons. The van der Waals surface area contributed by atoms with Gasteiger partial charge in [0.25, 0.3) is 5.91 Å². The van der Waals surface area contributed by atoms with E-state index in [0.29, 0.717) is 15.6 Å². The van der Waals surface area contributed by atoms with Gasteiger partial charge in [0.15, 0.2) is 0 Å². The summed E-state index contributed by atoms with van der Waals surface area (Å²) < 4.78 is 33.2. The first-order valence-corrected chi connectivity index (χ1v) is 11.6. The van der Waals surface area contributed by atoms with Gasteiger partial charge in [-0.3, -0.25) is 10.2 Å². The smallest absolute Gasteiger partial charge is 0.265 e. The largest absolute Gasteiger partial charge is 0.497 e. The van der Waals surface area contributed by atoms with Crippen LogP contribution in [-0.2, 0) is 10.0 Å². The summed E-state index contributed by atoms with van der Waals surface area (Å²) in [6, 6.07) is 18.3. The highest BCUT2D eigenvalue weighted by Gasteiger charge is 2.20. The number of carbonyl (C=O) groups is 1. The molecule has 0 spiro atoms. The van der Waals surface area contributed by atoms with E-state index in [9.17, 15) is 13.2 Å². The van der Waals surface area contributed by atoms with Crippen molar-refractivity contribution < 1.29 is 17.9 Å². The number of ether oxygens (including phenoxy) is 1. The molecule has 1 aromatic heterocycles. The van der Waals surface area contributed by atoms with Crippen molar-refractivity contribution in [2.24, 2.45) is 0 Å². The van der Waals surface area contributed by atoms with Crippen molar-refractivity contribution in [2.45, 2.75) is 10.3 Å². The van der Waals surface area contributed by atoms with Crippen molar-refractivity contribution in [1.29, 1.82) is 0 Å². The van der Waals surface area contributed by atoms with Gasteiger partial charge in [-0.1, -0.05) is 41.9 Å². The number of hydrogen-bond donors (Lipinski definition) is 3. The summed E-state index contributed by atoms with van der Waals surface area (Å²) in [7, 11) is -2.18. The van der Waals surface area contributed by atoms with Crippen LogP contribution >= 0.6 is 22.9 Å². The molecule has 0 aliphatic heterocycles. The van der Waals surface area contributed by atoms with E-state index >= 15 is 0 Å². The predicted octanol–water partition coefficient (Wildman–Crippen LogP) is 3.36. The lowest BCUT2D eigenvalue weighted by Crippen LogP contribution is -2.44. The Hall–Kier alpha value is -2.43. The summed E-state index contributed by atoms with van der Waals surface area (Å²) in [6.45, 7) is 0.0186. The third-order valence-corrected chi connectivity index (χ3v) is 7.35. The summed E-state index contributed by atoms with van der Waals surface area (Å²) >= 11 is 6.82. The Morgan fingerprint density at radius 2 is 1.77 bits per heavy atom. The van der Waals surface area contributed by atoms with E-state index in [1.807, 2.05) is 30.3 Å². The average Bonchev–Trinajstić information content (AvgIpc) is 3.21. The zero-order valence-electron chi connectivity index (χ0n) is 16.0. The zero-order chi connectivity index (χ0) is 21.6. The summed E-state index contributed by atoms with van der Waals surface area (Å²) in [4.78, 5) is 12.4. The van der Waals surface area contributed by atoms with E-state index in [-0.39, 0.29) is 16.7 Å². The zero-order valence-corrected chi connectivity index (χ0v) is 18.4. The fourth-order valence-electron chi connectivity index (χ4n) is 2.61. The van der Waals surface area contributed by atoms with Crippen LogP contribution in [0.25, 0.3) is 0 Å². The van der Waals surface area contributed by atoms with Crippen molar-refractivity contribution in [2.75, 3.05) is 13.7 Å². The van der Waals surface area contributed by atoms with Crippen molar-refractivity contribution in [1.82, 2.24) is 15.6 Å². The number of rotatable bonds is 9.